The van der Waals surface area contributed by atoms with E-state index in [1.807, 2.05) is 36.4 Å². The number of carbonyl (C=O) groups excluding carboxylic acids is 1. The van der Waals surface area contributed by atoms with E-state index in [-0.39, 0.29) is 11.9 Å². The molecule has 1 atom stereocenters. The summed E-state index contributed by atoms with van der Waals surface area (Å²) < 4.78 is 5.85. The Balaban J connectivity index is 1.57. The van der Waals surface area contributed by atoms with Gasteiger partial charge in [-0.25, -0.2) is 0 Å². The highest BCUT2D eigenvalue weighted by atomic mass is 35.5. The summed E-state index contributed by atoms with van der Waals surface area (Å²) in [5.74, 6) is 0.218. The smallest absolute Gasteiger partial charge is 0.316 e. The molecule has 0 saturated heterocycles. The maximum absolute atomic E-state index is 13.0. The molecule has 3 nitrogen and oxygen atoms in total. The van der Waals surface area contributed by atoms with Crippen LogP contribution in [0.4, 0.5) is 0 Å². The molecule has 2 aromatic carbocycles. The first-order valence-electron chi connectivity index (χ1n) is 9.21. The molecule has 0 heterocycles. The van der Waals surface area contributed by atoms with Crippen molar-refractivity contribution in [1.29, 1.82) is 0 Å². The number of alkyl halides is 1. The molecule has 4 rings (SSSR count). The molecule has 0 amide bonds. The van der Waals surface area contributed by atoms with E-state index in [1.165, 1.54) is 22.3 Å². The SMILES string of the molecule is NC1=CCC(CCCl)(C(=O)OCC2c3ccccc3-c3ccccc32)C=C1. The Morgan fingerprint density at radius 1 is 1.11 bits per heavy atom. The van der Waals surface area contributed by atoms with Gasteiger partial charge in [-0.15, -0.1) is 11.6 Å². The van der Waals surface area contributed by atoms with Gasteiger partial charge >= 0.3 is 5.97 Å². The van der Waals surface area contributed by atoms with Crippen molar-refractivity contribution in [3.8, 4) is 11.1 Å². The Hall–Kier alpha value is -2.52. The molecule has 0 aromatic heterocycles. The van der Waals surface area contributed by atoms with Gasteiger partial charge in [0, 0.05) is 17.5 Å². The van der Waals surface area contributed by atoms with Crippen LogP contribution in [0.5, 0.6) is 0 Å². The molecule has 0 spiro atoms. The lowest BCUT2D eigenvalue weighted by atomic mass is 9.78. The third-order valence-corrected chi connectivity index (χ3v) is 5.78. The molecule has 2 aliphatic rings. The molecule has 138 valence electrons. The fourth-order valence-electron chi connectivity index (χ4n) is 4.04. The van der Waals surface area contributed by atoms with Gasteiger partial charge in [-0.2, -0.15) is 0 Å². The lowest BCUT2D eigenvalue weighted by Crippen LogP contribution is -2.34. The molecular weight excluding hydrogens is 358 g/mol. The van der Waals surface area contributed by atoms with Gasteiger partial charge in [-0.1, -0.05) is 60.7 Å². The average Bonchev–Trinajstić information content (AvgIpc) is 3.02. The standard InChI is InChI=1S/C23H22ClNO2/c24-14-13-23(11-9-16(25)10-12-23)22(26)27-15-21-19-7-3-1-5-17(19)18-6-2-4-8-20(18)21/h1-11,21H,12-15,25H2. The minimum absolute atomic E-state index is 0.0579. The lowest BCUT2D eigenvalue weighted by Gasteiger charge is -2.29. The first-order valence-corrected chi connectivity index (χ1v) is 9.74. The predicted molar refractivity (Wildman–Crippen MR) is 108 cm³/mol. The second-order valence-electron chi connectivity index (χ2n) is 7.16. The second kappa shape index (κ2) is 7.24. The van der Waals surface area contributed by atoms with Crippen molar-refractivity contribution in [3.63, 3.8) is 0 Å². The van der Waals surface area contributed by atoms with Gasteiger partial charge in [-0.05, 0) is 41.2 Å². The van der Waals surface area contributed by atoms with Crippen LogP contribution in [0.1, 0.15) is 29.9 Å². The van der Waals surface area contributed by atoms with Gasteiger partial charge < -0.3 is 10.5 Å². The van der Waals surface area contributed by atoms with E-state index in [0.29, 0.717) is 31.0 Å². The topological polar surface area (TPSA) is 52.3 Å². The first kappa shape index (κ1) is 17.9. The fourth-order valence-corrected chi connectivity index (χ4v) is 4.38. The zero-order valence-electron chi connectivity index (χ0n) is 15.0. The minimum Gasteiger partial charge on any atom is -0.464 e. The molecule has 0 radical (unpaired) electrons. The molecule has 2 N–H and O–H groups in total. The van der Waals surface area contributed by atoms with Crippen molar-refractivity contribution in [3.05, 3.63) is 83.6 Å². The zero-order valence-corrected chi connectivity index (χ0v) is 15.8. The number of hydrogen-bond donors (Lipinski definition) is 1. The normalized spacial score (nSPS) is 20.7. The van der Waals surface area contributed by atoms with Crippen molar-refractivity contribution in [2.75, 3.05) is 12.5 Å². The maximum Gasteiger partial charge on any atom is 0.316 e. The van der Waals surface area contributed by atoms with Gasteiger partial charge in [0.2, 0.25) is 0 Å². The molecule has 0 aliphatic heterocycles. The number of esters is 1. The summed E-state index contributed by atoms with van der Waals surface area (Å²) in [5, 5.41) is 0. The van der Waals surface area contributed by atoms with Gasteiger partial charge in [0.05, 0.1) is 5.41 Å². The number of fused-ring (bicyclic) bond motifs is 3. The first-order chi connectivity index (χ1) is 13.1. The molecule has 2 aromatic rings. The molecule has 0 saturated carbocycles. The number of halogens is 1. The number of allylic oxidation sites excluding steroid dienone is 2. The summed E-state index contributed by atoms with van der Waals surface area (Å²) >= 11 is 5.97. The molecule has 1 unspecified atom stereocenters. The molecule has 27 heavy (non-hydrogen) atoms. The lowest BCUT2D eigenvalue weighted by molar-refractivity contribution is -0.153. The van der Waals surface area contributed by atoms with Crippen molar-refractivity contribution >= 4 is 17.6 Å². The average molecular weight is 380 g/mol. The van der Waals surface area contributed by atoms with Crippen LogP contribution < -0.4 is 5.73 Å². The monoisotopic (exact) mass is 379 g/mol. The highest BCUT2D eigenvalue weighted by molar-refractivity contribution is 6.18. The van der Waals surface area contributed by atoms with Gasteiger partial charge in [0.15, 0.2) is 0 Å². The van der Waals surface area contributed by atoms with Crippen LogP contribution in [-0.4, -0.2) is 18.5 Å². The van der Waals surface area contributed by atoms with Crippen LogP contribution in [0.2, 0.25) is 0 Å². The van der Waals surface area contributed by atoms with Crippen molar-refractivity contribution in [1.82, 2.24) is 0 Å². The third kappa shape index (κ3) is 3.17. The summed E-state index contributed by atoms with van der Waals surface area (Å²) in [7, 11) is 0. The summed E-state index contributed by atoms with van der Waals surface area (Å²) in [6.07, 6.45) is 6.55. The largest absolute Gasteiger partial charge is 0.464 e. The highest BCUT2D eigenvalue weighted by Gasteiger charge is 2.38. The van der Waals surface area contributed by atoms with Crippen molar-refractivity contribution in [2.45, 2.75) is 18.8 Å². The minimum atomic E-state index is -0.720. The van der Waals surface area contributed by atoms with Gasteiger partial charge in [-0.3, -0.25) is 4.79 Å². The van der Waals surface area contributed by atoms with E-state index >= 15 is 0 Å². The van der Waals surface area contributed by atoms with E-state index in [1.54, 1.807) is 6.08 Å². The number of ether oxygens (including phenoxy) is 1. The van der Waals surface area contributed by atoms with E-state index < -0.39 is 5.41 Å². The van der Waals surface area contributed by atoms with Crippen LogP contribution in [-0.2, 0) is 9.53 Å². The number of hydrogen-bond acceptors (Lipinski definition) is 3. The molecule has 4 heteroatoms. The van der Waals surface area contributed by atoms with Crippen LogP contribution in [0.3, 0.4) is 0 Å². The number of carbonyl (C=O) groups is 1. The van der Waals surface area contributed by atoms with Crippen molar-refractivity contribution in [2.24, 2.45) is 11.1 Å². The highest BCUT2D eigenvalue weighted by Crippen LogP contribution is 2.45. The maximum atomic E-state index is 13.0. The Morgan fingerprint density at radius 2 is 1.74 bits per heavy atom. The number of nitrogens with two attached hydrogens (primary N) is 1. The number of benzene rings is 2. The molecule has 0 fully saturated rings. The Kier molecular flexibility index (Phi) is 4.79. The van der Waals surface area contributed by atoms with Gasteiger partial charge in [0.1, 0.15) is 6.61 Å². The Labute approximate surface area is 164 Å². The fraction of sp³-hybridized carbons (Fsp3) is 0.261. The molecular formula is C23H22ClNO2. The predicted octanol–water partition coefficient (Wildman–Crippen LogP) is 4.76. The Morgan fingerprint density at radius 3 is 2.30 bits per heavy atom. The van der Waals surface area contributed by atoms with E-state index in [0.717, 1.165) is 0 Å². The number of rotatable bonds is 5. The molecule has 2 aliphatic carbocycles. The van der Waals surface area contributed by atoms with Gasteiger partial charge in [0.25, 0.3) is 0 Å². The summed E-state index contributed by atoms with van der Waals surface area (Å²) in [6.45, 7) is 0.323. The van der Waals surface area contributed by atoms with Crippen molar-refractivity contribution < 1.29 is 9.53 Å². The third-order valence-electron chi connectivity index (χ3n) is 5.59. The summed E-state index contributed by atoms with van der Waals surface area (Å²) in [6, 6.07) is 16.6. The van der Waals surface area contributed by atoms with Crippen LogP contribution in [0, 0.1) is 5.41 Å². The van der Waals surface area contributed by atoms with Crippen LogP contribution >= 0.6 is 11.6 Å². The summed E-state index contributed by atoms with van der Waals surface area (Å²) in [5.41, 5.74) is 10.6. The second-order valence-corrected chi connectivity index (χ2v) is 7.54. The van der Waals surface area contributed by atoms with Crippen LogP contribution in [0.25, 0.3) is 11.1 Å². The van der Waals surface area contributed by atoms with E-state index in [2.05, 4.69) is 24.3 Å². The zero-order chi connectivity index (χ0) is 18.9. The van der Waals surface area contributed by atoms with E-state index in [4.69, 9.17) is 22.1 Å². The van der Waals surface area contributed by atoms with Crippen LogP contribution in [0.15, 0.2) is 72.5 Å². The Bertz CT molecular complexity index is 888. The quantitative estimate of drug-likeness (QED) is 0.602. The van der Waals surface area contributed by atoms with E-state index in [9.17, 15) is 4.79 Å². The summed E-state index contributed by atoms with van der Waals surface area (Å²) in [4.78, 5) is 13.0. The molecule has 0 bridgehead atoms.